The molecule has 6 nitrogen and oxygen atoms in total. The number of nitrogens with one attached hydrogen (secondary N) is 1. The van der Waals surface area contributed by atoms with E-state index in [0.717, 1.165) is 5.56 Å². The maximum Gasteiger partial charge on any atom is 0.242 e. The van der Waals surface area contributed by atoms with Crippen molar-refractivity contribution in [2.75, 3.05) is 13.6 Å². The number of carbonyl (C=O) groups excluding carboxylic acids is 2. The molecule has 8 heteroatoms. The SMILES string of the molecule is CC(=O)c1ccc(S(=O)(=O)N(C)CCCC(=O)NC(C)c2ccc(Cl)cc2)cc1. The van der Waals surface area contributed by atoms with Crippen molar-refractivity contribution in [2.24, 2.45) is 0 Å². The minimum absolute atomic E-state index is 0.116. The number of Topliss-reactive ketones (excluding diaryl/α,β-unsaturated/α-hetero) is 1. The second-order valence-electron chi connectivity index (χ2n) is 6.85. The van der Waals surface area contributed by atoms with Gasteiger partial charge in [0.2, 0.25) is 15.9 Å². The summed E-state index contributed by atoms with van der Waals surface area (Å²) in [6.07, 6.45) is 0.599. The van der Waals surface area contributed by atoms with Crippen molar-refractivity contribution in [1.29, 1.82) is 0 Å². The Bertz CT molecular complexity index is 957. The minimum atomic E-state index is -3.67. The van der Waals surface area contributed by atoms with E-state index in [4.69, 9.17) is 11.6 Å². The number of nitrogens with zero attached hydrogens (tertiary/aromatic N) is 1. The Kier molecular flexibility index (Phi) is 7.96. The molecule has 2 aromatic carbocycles. The molecular formula is C21H25ClN2O4S. The van der Waals surface area contributed by atoms with Gasteiger partial charge in [-0.2, -0.15) is 0 Å². The normalized spacial score (nSPS) is 12.6. The molecule has 0 heterocycles. The van der Waals surface area contributed by atoms with Crippen LogP contribution in [0.15, 0.2) is 53.4 Å². The predicted octanol–water partition coefficient (Wildman–Crippen LogP) is 3.82. The van der Waals surface area contributed by atoms with Gasteiger partial charge in [0.25, 0.3) is 0 Å². The second kappa shape index (κ2) is 10.0. The summed E-state index contributed by atoms with van der Waals surface area (Å²) in [5, 5.41) is 3.53. The second-order valence-corrected chi connectivity index (χ2v) is 9.33. The quantitative estimate of drug-likeness (QED) is 0.605. The fraction of sp³-hybridized carbons (Fsp3) is 0.333. The number of benzene rings is 2. The van der Waals surface area contributed by atoms with Gasteiger partial charge < -0.3 is 5.32 Å². The zero-order valence-corrected chi connectivity index (χ0v) is 18.3. The summed E-state index contributed by atoms with van der Waals surface area (Å²) in [6, 6.07) is 12.9. The number of ketones is 1. The lowest BCUT2D eigenvalue weighted by Crippen LogP contribution is -2.30. The molecule has 0 aromatic heterocycles. The van der Waals surface area contributed by atoms with Crippen molar-refractivity contribution >= 4 is 33.3 Å². The molecule has 1 amide bonds. The van der Waals surface area contributed by atoms with Crippen molar-refractivity contribution in [2.45, 2.75) is 37.6 Å². The highest BCUT2D eigenvalue weighted by atomic mass is 35.5. The van der Waals surface area contributed by atoms with Crippen LogP contribution in [0, 0.1) is 0 Å². The molecule has 2 rings (SSSR count). The maximum absolute atomic E-state index is 12.6. The average molecular weight is 437 g/mol. The highest BCUT2D eigenvalue weighted by Gasteiger charge is 2.21. The molecule has 0 saturated heterocycles. The number of hydrogen-bond acceptors (Lipinski definition) is 4. The van der Waals surface area contributed by atoms with E-state index in [9.17, 15) is 18.0 Å². The number of rotatable bonds is 9. The Balaban J connectivity index is 1.86. The number of sulfonamides is 1. The van der Waals surface area contributed by atoms with Crippen LogP contribution in [0.4, 0.5) is 0 Å². The summed E-state index contributed by atoms with van der Waals surface area (Å²) >= 11 is 5.87. The molecular weight excluding hydrogens is 412 g/mol. The molecule has 0 radical (unpaired) electrons. The van der Waals surface area contributed by atoms with Gasteiger partial charge in [-0.1, -0.05) is 35.9 Å². The Labute approximate surface area is 176 Å². The molecule has 29 heavy (non-hydrogen) atoms. The van der Waals surface area contributed by atoms with E-state index in [1.807, 2.05) is 19.1 Å². The lowest BCUT2D eigenvalue weighted by atomic mass is 10.1. The van der Waals surface area contributed by atoms with Crippen LogP contribution in [0.1, 0.15) is 48.7 Å². The summed E-state index contributed by atoms with van der Waals surface area (Å²) in [4.78, 5) is 23.6. The minimum Gasteiger partial charge on any atom is -0.350 e. The largest absolute Gasteiger partial charge is 0.350 e. The standard InChI is InChI=1S/C21H25ClN2O4S/c1-15(17-6-10-19(22)11-7-17)23-21(26)5-4-14-24(3)29(27,28)20-12-8-18(9-13-20)16(2)25/h6-13,15H,4-5,14H2,1-3H3,(H,23,26). The van der Waals surface area contributed by atoms with Crippen LogP contribution in [0.2, 0.25) is 5.02 Å². The molecule has 0 spiro atoms. The van der Waals surface area contributed by atoms with Gasteiger partial charge in [0, 0.05) is 30.6 Å². The van der Waals surface area contributed by atoms with Crippen LogP contribution >= 0.6 is 11.6 Å². The van der Waals surface area contributed by atoms with Crippen LogP contribution in [0.5, 0.6) is 0 Å². The van der Waals surface area contributed by atoms with E-state index >= 15 is 0 Å². The highest BCUT2D eigenvalue weighted by molar-refractivity contribution is 7.89. The topological polar surface area (TPSA) is 83.6 Å². The smallest absolute Gasteiger partial charge is 0.242 e. The van der Waals surface area contributed by atoms with Crippen molar-refractivity contribution in [3.8, 4) is 0 Å². The van der Waals surface area contributed by atoms with Crippen LogP contribution in [0.25, 0.3) is 0 Å². The van der Waals surface area contributed by atoms with E-state index in [-0.39, 0.29) is 35.6 Å². The first-order valence-electron chi connectivity index (χ1n) is 9.23. The van der Waals surface area contributed by atoms with E-state index in [1.54, 1.807) is 12.1 Å². The molecule has 1 atom stereocenters. The molecule has 1 unspecified atom stereocenters. The molecule has 0 aliphatic heterocycles. The van der Waals surface area contributed by atoms with Crippen LogP contribution < -0.4 is 5.32 Å². The summed E-state index contributed by atoms with van der Waals surface area (Å²) in [7, 11) is -2.20. The van der Waals surface area contributed by atoms with Crippen LogP contribution in [-0.2, 0) is 14.8 Å². The first-order chi connectivity index (χ1) is 13.6. The molecule has 0 saturated carbocycles. The number of hydrogen-bond donors (Lipinski definition) is 1. The van der Waals surface area contributed by atoms with Gasteiger partial charge in [-0.3, -0.25) is 9.59 Å². The monoisotopic (exact) mass is 436 g/mol. The van der Waals surface area contributed by atoms with E-state index in [1.165, 1.54) is 42.5 Å². The van der Waals surface area contributed by atoms with Gasteiger partial charge in [0.1, 0.15) is 0 Å². The summed E-state index contributed by atoms with van der Waals surface area (Å²) < 4.78 is 26.4. The molecule has 0 bridgehead atoms. The van der Waals surface area contributed by atoms with Gasteiger partial charge in [0.15, 0.2) is 5.78 Å². The predicted molar refractivity (Wildman–Crippen MR) is 114 cm³/mol. The fourth-order valence-electron chi connectivity index (χ4n) is 2.77. The molecule has 0 aliphatic rings. The van der Waals surface area contributed by atoms with E-state index in [0.29, 0.717) is 17.0 Å². The third kappa shape index (κ3) is 6.39. The van der Waals surface area contributed by atoms with E-state index < -0.39 is 10.0 Å². The molecule has 156 valence electrons. The van der Waals surface area contributed by atoms with Gasteiger partial charge in [-0.25, -0.2) is 12.7 Å². The van der Waals surface area contributed by atoms with Gasteiger partial charge >= 0.3 is 0 Å². The number of halogens is 1. The maximum atomic E-state index is 12.6. The van der Waals surface area contributed by atoms with Crippen LogP contribution in [-0.4, -0.2) is 38.0 Å². The summed E-state index contributed by atoms with van der Waals surface area (Å²) in [6.45, 7) is 3.51. The molecule has 0 fully saturated rings. The van der Waals surface area contributed by atoms with Gasteiger partial charge in [0.05, 0.1) is 10.9 Å². The number of carbonyl (C=O) groups is 2. The highest BCUT2D eigenvalue weighted by Crippen LogP contribution is 2.18. The zero-order valence-electron chi connectivity index (χ0n) is 16.7. The Morgan fingerprint density at radius 3 is 2.21 bits per heavy atom. The third-order valence-electron chi connectivity index (χ3n) is 4.59. The summed E-state index contributed by atoms with van der Waals surface area (Å²) in [5.74, 6) is -0.273. The zero-order chi connectivity index (χ0) is 21.6. The van der Waals surface area contributed by atoms with Crippen LogP contribution in [0.3, 0.4) is 0 Å². The van der Waals surface area contributed by atoms with Crippen molar-refractivity contribution in [1.82, 2.24) is 9.62 Å². The van der Waals surface area contributed by atoms with Gasteiger partial charge in [-0.15, -0.1) is 0 Å². The molecule has 1 N–H and O–H groups in total. The van der Waals surface area contributed by atoms with Crippen molar-refractivity contribution in [3.63, 3.8) is 0 Å². The Morgan fingerprint density at radius 2 is 1.66 bits per heavy atom. The first kappa shape index (κ1) is 23.1. The first-order valence-corrected chi connectivity index (χ1v) is 11.0. The average Bonchev–Trinajstić information content (AvgIpc) is 2.68. The Morgan fingerprint density at radius 1 is 1.07 bits per heavy atom. The number of amides is 1. The lowest BCUT2D eigenvalue weighted by molar-refractivity contribution is -0.121. The molecule has 0 aliphatic carbocycles. The lowest BCUT2D eigenvalue weighted by Gasteiger charge is -2.18. The Hall–Kier alpha value is -2.22. The summed E-state index contributed by atoms with van der Waals surface area (Å²) in [5.41, 5.74) is 1.40. The van der Waals surface area contributed by atoms with E-state index in [2.05, 4.69) is 5.32 Å². The van der Waals surface area contributed by atoms with Crippen molar-refractivity contribution in [3.05, 3.63) is 64.7 Å². The van der Waals surface area contributed by atoms with Gasteiger partial charge in [-0.05, 0) is 50.1 Å². The molecule has 2 aromatic rings. The van der Waals surface area contributed by atoms with Crippen molar-refractivity contribution < 1.29 is 18.0 Å². The fourth-order valence-corrected chi connectivity index (χ4v) is 4.11. The third-order valence-corrected chi connectivity index (χ3v) is 6.72.